The van der Waals surface area contributed by atoms with Crippen molar-refractivity contribution in [3.63, 3.8) is 0 Å². The second-order valence-corrected chi connectivity index (χ2v) is 4.60. The molecule has 0 radical (unpaired) electrons. The maximum atomic E-state index is 4.34. The van der Waals surface area contributed by atoms with Gasteiger partial charge in [-0.25, -0.2) is 0 Å². The first-order valence-electron chi connectivity index (χ1n) is 5.73. The van der Waals surface area contributed by atoms with Crippen molar-refractivity contribution in [2.75, 3.05) is 5.43 Å². The molecule has 1 N–H and O–H groups in total. The third-order valence-electron chi connectivity index (χ3n) is 3.73. The van der Waals surface area contributed by atoms with Gasteiger partial charge >= 0.3 is 0 Å². The van der Waals surface area contributed by atoms with Gasteiger partial charge in [0, 0.05) is 10.9 Å². The molecule has 16 heavy (non-hydrogen) atoms. The Morgan fingerprint density at radius 1 is 1.00 bits per heavy atom. The molecule has 4 rings (SSSR count). The van der Waals surface area contributed by atoms with Crippen molar-refractivity contribution in [3.8, 4) is 0 Å². The number of hydrogen-bond donors (Lipinski definition) is 1. The van der Waals surface area contributed by atoms with E-state index in [1.165, 1.54) is 40.3 Å². The second kappa shape index (κ2) is 2.64. The van der Waals surface area contributed by atoms with Crippen LogP contribution in [0.15, 0.2) is 29.4 Å². The maximum Gasteiger partial charge on any atom is 0.0655 e. The Kier molecular flexibility index (Phi) is 1.38. The van der Waals surface area contributed by atoms with Crippen molar-refractivity contribution < 1.29 is 0 Å². The number of nitrogens with one attached hydrogen (secondary N) is 1. The van der Waals surface area contributed by atoms with E-state index >= 15 is 0 Å². The van der Waals surface area contributed by atoms with Gasteiger partial charge in [0.2, 0.25) is 0 Å². The van der Waals surface area contributed by atoms with Crippen LogP contribution >= 0.6 is 0 Å². The lowest BCUT2D eigenvalue weighted by molar-refractivity contribution is 1.02. The smallest absolute Gasteiger partial charge is 0.0655 e. The Morgan fingerprint density at radius 3 is 2.56 bits per heavy atom. The van der Waals surface area contributed by atoms with Crippen LogP contribution in [0.25, 0.3) is 10.8 Å². The predicted molar refractivity (Wildman–Crippen MR) is 67.2 cm³/mol. The zero-order valence-electron chi connectivity index (χ0n) is 9.17. The van der Waals surface area contributed by atoms with Gasteiger partial charge < -0.3 is 0 Å². The summed E-state index contributed by atoms with van der Waals surface area (Å²) in [5.41, 5.74) is 9.66. The summed E-state index contributed by atoms with van der Waals surface area (Å²) in [5.74, 6) is 0. The van der Waals surface area contributed by atoms with E-state index in [0.717, 1.165) is 11.4 Å². The molecule has 1 aliphatic carbocycles. The SMILES string of the molecule is CC1=NNc2ccc3c4c(ccc1c24)CC3. The summed E-state index contributed by atoms with van der Waals surface area (Å²) in [7, 11) is 0. The van der Waals surface area contributed by atoms with Crippen LogP contribution < -0.4 is 5.43 Å². The zero-order valence-corrected chi connectivity index (χ0v) is 9.17. The highest BCUT2D eigenvalue weighted by Gasteiger charge is 2.21. The molecule has 1 heterocycles. The van der Waals surface area contributed by atoms with Crippen LogP contribution in [0, 0.1) is 0 Å². The number of benzene rings is 2. The summed E-state index contributed by atoms with van der Waals surface area (Å²) >= 11 is 0. The highest BCUT2D eigenvalue weighted by atomic mass is 15.3. The molecule has 1 aliphatic heterocycles. The van der Waals surface area contributed by atoms with Crippen LogP contribution in [0.5, 0.6) is 0 Å². The van der Waals surface area contributed by atoms with Gasteiger partial charge in [0.05, 0.1) is 11.4 Å². The van der Waals surface area contributed by atoms with Crippen molar-refractivity contribution in [2.45, 2.75) is 19.8 Å². The summed E-state index contributed by atoms with van der Waals surface area (Å²) in [6, 6.07) is 8.88. The zero-order chi connectivity index (χ0) is 10.7. The van der Waals surface area contributed by atoms with E-state index in [2.05, 4.69) is 41.7 Å². The lowest BCUT2D eigenvalue weighted by atomic mass is 9.95. The Morgan fingerprint density at radius 2 is 1.75 bits per heavy atom. The Hall–Kier alpha value is -1.83. The van der Waals surface area contributed by atoms with E-state index in [9.17, 15) is 0 Å². The number of anilines is 1. The number of aryl methyl sites for hydroxylation is 2. The quantitative estimate of drug-likeness (QED) is 0.707. The van der Waals surface area contributed by atoms with E-state index in [1.807, 2.05) is 0 Å². The molecule has 0 bridgehead atoms. The first-order chi connectivity index (χ1) is 7.84. The van der Waals surface area contributed by atoms with Crippen molar-refractivity contribution in [2.24, 2.45) is 5.10 Å². The van der Waals surface area contributed by atoms with Crippen molar-refractivity contribution in [3.05, 3.63) is 41.0 Å². The van der Waals surface area contributed by atoms with Gasteiger partial charge in [0.1, 0.15) is 0 Å². The van der Waals surface area contributed by atoms with Crippen molar-refractivity contribution in [1.82, 2.24) is 0 Å². The molecule has 0 amide bonds. The van der Waals surface area contributed by atoms with E-state index in [-0.39, 0.29) is 0 Å². The fourth-order valence-electron chi connectivity index (χ4n) is 2.93. The molecule has 0 spiro atoms. The van der Waals surface area contributed by atoms with Gasteiger partial charge in [-0.3, -0.25) is 5.43 Å². The summed E-state index contributed by atoms with van der Waals surface area (Å²) in [4.78, 5) is 0. The standard InChI is InChI=1S/C14H12N2/c1-8-11-6-4-9-2-3-10-5-7-12(16-15-8)14(11)13(9)10/h4-7,16H,2-3H2,1H3. The molecule has 0 aromatic heterocycles. The summed E-state index contributed by atoms with van der Waals surface area (Å²) in [6.45, 7) is 2.06. The monoisotopic (exact) mass is 208 g/mol. The minimum Gasteiger partial charge on any atom is -0.278 e. The average Bonchev–Trinajstić information content (AvgIpc) is 2.73. The molecule has 2 aromatic carbocycles. The fourth-order valence-corrected chi connectivity index (χ4v) is 2.93. The lowest BCUT2D eigenvalue weighted by Gasteiger charge is -2.17. The first-order valence-corrected chi connectivity index (χ1v) is 5.73. The molecule has 2 aliphatic rings. The van der Waals surface area contributed by atoms with E-state index in [1.54, 1.807) is 0 Å². The third-order valence-corrected chi connectivity index (χ3v) is 3.73. The molecular weight excluding hydrogens is 196 g/mol. The lowest BCUT2D eigenvalue weighted by Crippen LogP contribution is -2.07. The second-order valence-electron chi connectivity index (χ2n) is 4.60. The number of nitrogens with zero attached hydrogens (tertiary/aromatic N) is 1. The molecule has 0 atom stereocenters. The average molecular weight is 208 g/mol. The largest absolute Gasteiger partial charge is 0.278 e. The van der Waals surface area contributed by atoms with Gasteiger partial charge in [-0.05, 0) is 42.3 Å². The van der Waals surface area contributed by atoms with Gasteiger partial charge in [-0.15, -0.1) is 0 Å². The predicted octanol–water partition coefficient (Wildman–Crippen LogP) is 3.09. The molecule has 2 aromatic rings. The number of hydrogen-bond acceptors (Lipinski definition) is 2. The summed E-state index contributed by atoms with van der Waals surface area (Å²) in [5, 5.41) is 7.19. The van der Waals surface area contributed by atoms with Gasteiger partial charge in [-0.2, -0.15) is 5.10 Å². The van der Waals surface area contributed by atoms with E-state index in [4.69, 9.17) is 0 Å². The Balaban J connectivity index is 2.28. The molecule has 2 nitrogen and oxygen atoms in total. The molecule has 0 saturated carbocycles. The molecule has 0 unspecified atom stereocenters. The first kappa shape index (κ1) is 8.34. The summed E-state index contributed by atoms with van der Waals surface area (Å²) in [6.07, 6.45) is 2.37. The van der Waals surface area contributed by atoms with Crippen LogP contribution in [0.3, 0.4) is 0 Å². The van der Waals surface area contributed by atoms with Crippen LogP contribution in [-0.4, -0.2) is 5.71 Å². The van der Waals surface area contributed by atoms with Gasteiger partial charge in [0.25, 0.3) is 0 Å². The minimum absolute atomic E-state index is 1.09. The maximum absolute atomic E-state index is 4.34. The highest BCUT2D eigenvalue weighted by Crippen LogP contribution is 2.38. The van der Waals surface area contributed by atoms with Gasteiger partial charge in [0.15, 0.2) is 0 Å². The molecule has 2 heteroatoms. The topological polar surface area (TPSA) is 24.4 Å². The van der Waals surface area contributed by atoms with Crippen LogP contribution in [0.2, 0.25) is 0 Å². The normalized spacial score (nSPS) is 16.2. The minimum atomic E-state index is 1.09. The number of hydrazone groups is 1. The summed E-state index contributed by atoms with van der Waals surface area (Å²) < 4.78 is 0. The van der Waals surface area contributed by atoms with Gasteiger partial charge in [-0.1, -0.05) is 18.2 Å². The highest BCUT2D eigenvalue weighted by molar-refractivity contribution is 6.17. The number of rotatable bonds is 0. The van der Waals surface area contributed by atoms with Crippen LogP contribution in [0.4, 0.5) is 5.69 Å². The fraction of sp³-hybridized carbons (Fsp3) is 0.214. The molecule has 78 valence electrons. The van der Waals surface area contributed by atoms with Crippen LogP contribution in [-0.2, 0) is 12.8 Å². The molecule has 0 fully saturated rings. The molecule has 0 saturated heterocycles. The Bertz CT molecular complexity index is 643. The molecular formula is C14H12N2. The van der Waals surface area contributed by atoms with Crippen molar-refractivity contribution >= 4 is 22.2 Å². The van der Waals surface area contributed by atoms with Crippen molar-refractivity contribution in [1.29, 1.82) is 0 Å². The van der Waals surface area contributed by atoms with E-state index < -0.39 is 0 Å². The van der Waals surface area contributed by atoms with Crippen LogP contribution in [0.1, 0.15) is 23.6 Å². The Labute approximate surface area is 94.0 Å². The third kappa shape index (κ3) is 0.854. The van der Waals surface area contributed by atoms with E-state index in [0.29, 0.717) is 0 Å².